The number of halogens is 1. The number of hydrogen-bond acceptors (Lipinski definition) is 4. The van der Waals surface area contributed by atoms with Gasteiger partial charge in [-0.3, -0.25) is 9.89 Å². The highest BCUT2D eigenvalue weighted by atomic mass is 19.1. The van der Waals surface area contributed by atoms with E-state index < -0.39 is 5.97 Å². The molecule has 0 spiro atoms. The van der Waals surface area contributed by atoms with Gasteiger partial charge in [0.25, 0.3) is 0 Å². The summed E-state index contributed by atoms with van der Waals surface area (Å²) in [6.45, 7) is 9.18. The highest BCUT2D eigenvalue weighted by molar-refractivity contribution is 5.87. The zero-order chi connectivity index (χ0) is 16.2. The predicted molar refractivity (Wildman–Crippen MR) is 88.6 cm³/mol. The van der Waals surface area contributed by atoms with Crippen LogP contribution in [0.5, 0.6) is 0 Å². The quantitative estimate of drug-likeness (QED) is 0.498. The zero-order valence-electron chi connectivity index (χ0n) is 13.1. The highest BCUT2D eigenvalue weighted by Gasteiger charge is 2.05. The van der Waals surface area contributed by atoms with Crippen molar-refractivity contribution in [1.29, 1.82) is 0 Å². The lowest BCUT2D eigenvalue weighted by Crippen LogP contribution is -2.30. The minimum absolute atomic E-state index is 0.113. The number of rotatable bonds is 10. The summed E-state index contributed by atoms with van der Waals surface area (Å²) in [6.07, 6.45) is 10.5. The van der Waals surface area contributed by atoms with E-state index in [-0.39, 0.29) is 12.5 Å². The molecule has 22 heavy (non-hydrogen) atoms. The van der Waals surface area contributed by atoms with Gasteiger partial charge in [-0.2, -0.15) is 4.39 Å². The summed E-state index contributed by atoms with van der Waals surface area (Å²) in [5, 5.41) is 8.92. The third-order valence-electron chi connectivity index (χ3n) is 3.29. The second-order valence-corrected chi connectivity index (χ2v) is 4.85. The molecule has 122 valence electrons. The van der Waals surface area contributed by atoms with Gasteiger partial charge < -0.3 is 9.84 Å². The van der Waals surface area contributed by atoms with Gasteiger partial charge in [0.05, 0.1) is 13.2 Å². The monoisotopic (exact) mass is 308 g/mol. The molecule has 0 aromatic rings. The van der Waals surface area contributed by atoms with Gasteiger partial charge in [-0.25, -0.2) is 0 Å². The summed E-state index contributed by atoms with van der Waals surface area (Å²) in [4.78, 5) is 5.85. The van der Waals surface area contributed by atoms with Crippen molar-refractivity contribution in [3.05, 3.63) is 48.8 Å². The number of likely N-dealkylation sites (N-methyl/N-ethyl adjacent to an activating group) is 1. The van der Waals surface area contributed by atoms with Crippen LogP contribution in [0.4, 0.5) is 4.39 Å². The molecular formula is C17H25FN2O2. The smallest absolute Gasteiger partial charge is 0.208 e. The van der Waals surface area contributed by atoms with E-state index in [1.165, 1.54) is 6.08 Å². The first-order chi connectivity index (χ1) is 10.7. The van der Waals surface area contributed by atoms with E-state index >= 15 is 0 Å². The fraction of sp³-hybridized carbons (Fsp3) is 0.471. The van der Waals surface area contributed by atoms with Crippen LogP contribution in [0.25, 0.3) is 0 Å². The number of aliphatic hydroxyl groups is 1. The van der Waals surface area contributed by atoms with Gasteiger partial charge in [0, 0.05) is 19.0 Å². The Balaban J connectivity index is 2.37. The first-order valence-electron chi connectivity index (χ1n) is 7.54. The van der Waals surface area contributed by atoms with Crippen LogP contribution in [0.1, 0.15) is 6.92 Å². The third-order valence-corrected chi connectivity index (χ3v) is 3.29. The van der Waals surface area contributed by atoms with Gasteiger partial charge in [-0.05, 0) is 24.8 Å². The van der Waals surface area contributed by atoms with Gasteiger partial charge >= 0.3 is 0 Å². The maximum Gasteiger partial charge on any atom is 0.208 e. The van der Waals surface area contributed by atoms with E-state index in [0.29, 0.717) is 25.5 Å². The van der Waals surface area contributed by atoms with E-state index in [0.717, 1.165) is 13.1 Å². The zero-order valence-corrected chi connectivity index (χ0v) is 13.1. The molecule has 0 saturated carbocycles. The number of aliphatic imine (C=N–C) groups is 1. The average Bonchev–Trinajstić information content (AvgIpc) is 2.54. The summed E-state index contributed by atoms with van der Waals surface area (Å²) < 4.78 is 18.4. The van der Waals surface area contributed by atoms with Gasteiger partial charge in [0.2, 0.25) is 5.97 Å². The molecule has 4 nitrogen and oxygen atoms in total. The van der Waals surface area contributed by atoms with E-state index in [2.05, 4.69) is 16.5 Å². The Morgan fingerprint density at radius 1 is 1.59 bits per heavy atom. The molecule has 1 N–H and O–H groups in total. The lowest BCUT2D eigenvalue weighted by atomic mass is 10.1. The molecular weight excluding hydrogens is 283 g/mol. The maximum atomic E-state index is 12.7. The van der Waals surface area contributed by atoms with Crippen molar-refractivity contribution in [2.75, 3.05) is 39.4 Å². The lowest BCUT2D eigenvalue weighted by Gasteiger charge is -2.19. The van der Waals surface area contributed by atoms with Crippen LogP contribution in [0, 0.1) is 5.92 Å². The Bertz CT molecular complexity index is 456. The standard InChI is InChI=1S/C17H25FN2O2/c1-3-16(22-13-11-20(4-2)10-12-21)7-5-6-15-8-9-17(18)19-14-15/h3,5-9,15,21H,1,4,10-14H2,2H3/b6-5+,16-7+. The predicted octanol–water partition coefficient (Wildman–Crippen LogP) is 2.50. The molecule has 1 heterocycles. The highest BCUT2D eigenvalue weighted by Crippen LogP contribution is 2.09. The third kappa shape index (κ3) is 7.33. The SMILES string of the molecule is C=C/C(=C\C=C\C1C=CC(F)=NC1)OCCN(CC)CCO. The summed E-state index contributed by atoms with van der Waals surface area (Å²) in [5.74, 6) is 0.381. The molecule has 1 aliphatic heterocycles. The molecule has 1 unspecified atom stereocenters. The number of ether oxygens (including phenoxy) is 1. The average molecular weight is 308 g/mol. The molecule has 1 rings (SSSR count). The molecule has 0 bridgehead atoms. The summed E-state index contributed by atoms with van der Waals surface area (Å²) in [7, 11) is 0. The number of dihydropyridines is 1. The van der Waals surface area contributed by atoms with Crippen molar-refractivity contribution in [2.24, 2.45) is 10.9 Å². The fourth-order valence-corrected chi connectivity index (χ4v) is 1.96. The van der Waals surface area contributed by atoms with Crippen LogP contribution in [0.3, 0.4) is 0 Å². The first kappa shape index (κ1) is 18.3. The van der Waals surface area contributed by atoms with Crippen molar-refractivity contribution in [1.82, 2.24) is 4.90 Å². The number of hydrogen-bond donors (Lipinski definition) is 1. The maximum absolute atomic E-state index is 12.7. The van der Waals surface area contributed by atoms with Gasteiger partial charge in [0.15, 0.2) is 0 Å². The minimum Gasteiger partial charge on any atom is -0.492 e. The molecule has 0 aliphatic carbocycles. The normalized spacial score (nSPS) is 18.8. The Morgan fingerprint density at radius 3 is 3.00 bits per heavy atom. The Morgan fingerprint density at radius 2 is 2.41 bits per heavy atom. The Hall–Kier alpha value is -1.72. The second kappa shape index (κ2) is 10.9. The first-order valence-corrected chi connectivity index (χ1v) is 7.54. The van der Waals surface area contributed by atoms with Crippen molar-refractivity contribution in [3.63, 3.8) is 0 Å². The number of allylic oxidation sites excluding steroid dienone is 4. The van der Waals surface area contributed by atoms with Crippen LogP contribution in [0.2, 0.25) is 0 Å². The molecule has 0 saturated heterocycles. The van der Waals surface area contributed by atoms with Crippen LogP contribution in [0.15, 0.2) is 53.8 Å². The minimum atomic E-state index is -0.418. The van der Waals surface area contributed by atoms with Crippen molar-refractivity contribution >= 4 is 5.97 Å². The van der Waals surface area contributed by atoms with Crippen LogP contribution in [-0.4, -0.2) is 55.4 Å². The summed E-state index contributed by atoms with van der Waals surface area (Å²) in [6, 6.07) is 0. The molecule has 0 radical (unpaired) electrons. The molecule has 5 heteroatoms. The van der Waals surface area contributed by atoms with Crippen LogP contribution in [-0.2, 0) is 4.74 Å². The van der Waals surface area contributed by atoms with Gasteiger partial charge in [-0.15, -0.1) is 0 Å². The van der Waals surface area contributed by atoms with Gasteiger partial charge in [-0.1, -0.05) is 31.7 Å². The molecule has 1 atom stereocenters. The molecule has 0 fully saturated rings. The molecule has 1 aliphatic rings. The van der Waals surface area contributed by atoms with Crippen molar-refractivity contribution in [3.8, 4) is 0 Å². The topological polar surface area (TPSA) is 45.1 Å². The van der Waals surface area contributed by atoms with Gasteiger partial charge in [0.1, 0.15) is 12.4 Å². The molecule has 0 aromatic heterocycles. The largest absolute Gasteiger partial charge is 0.492 e. The van der Waals surface area contributed by atoms with Crippen molar-refractivity contribution in [2.45, 2.75) is 6.92 Å². The van der Waals surface area contributed by atoms with Crippen molar-refractivity contribution < 1.29 is 14.2 Å². The van der Waals surface area contributed by atoms with E-state index in [4.69, 9.17) is 9.84 Å². The van der Waals surface area contributed by atoms with E-state index in [1.807, 2.05) is 25.2 Å². The summed E-state index contributed by atoms with van der Waals surface area (Å²) in [5.41, 5.74) is 0. The number of aliphatic hydroxyl groups excluding tert-OH is 1. The second-order valence-electron chi connectivity index (χ2n) is 4.85. The van der Waals surface area contributed by atoms with E-state index in [9.17, 15) is 4.39 Å². The van der Waals surface area contributed by atoms with Crippen LogP contribution < -0.4 is 0 Å². The Labute approximate surface area is 132 Å². The molecule has 0 aromatic carbocycles. The Kier molecular flexibility index (Phi) is 9.11. The molecule has 0 amide bonds. The summed E-state index contributed by atoms with van der Waals surface area (Å²) >= 11 is 0. The van der Waals surface area contributed by atoms with E-state index in [1.54, 1.807) is 12.2 Å². The fourth-order valence-electron chi connectivity index (χ4n) is 1.96. The lowest BCUT2D eigenvalue weighted by molar-refractivity contribution is 0.146. The van der Waals surface area contributed by atoms with Crippen LogP contribution >= 0.6 is 0 Å². The number of nitrogens with zero attached hydrogens (tertiary/aromatic N) is 2.